The first-order valence-corrected chi connectivity index (χ1v) is 5.72. The van der Waals surface area contributed by atoms with Crippen LogP contribution in [0, 0.1) is 0 Å². The molecule has 0 aliphatic heterocycles. The van der Waals surface area contributed by atoms with E-state index < -0.39 is 0 Å². The van der Waals surface area contributed by atoms with Gasteiger partial charge in [-0.15, -0.1) is 0 Å². The Labute approximate surface area is 90.8 Å². The molecule has 1 N–H and O–H groups in total. The van der Waals surface area contributed by atoms with Crippen LogP contribution in [0.15, 0.2) is 24.5 Å². The van der Waals surface area contributed by atoms with Crippen LogP contribution in [-0.2, 0) is 11.3 Å². The summed E-state index contributed by atoms with van der Waals surface area (Å²) < 4.78 is 0. The third-order valence-electron chi connectivity index (χ3n) is 2.82. The number of pyridine rings is 1. The second-order valence-electron chi connectivity index (χ2n) is 4.02. The Morgan fingerprint density at radius 3 is 2.73 bits per heavy atom. The molecular formula is C12H18N2O. The predicted octanol–water partition coefficient (Wildman–Crippen LogP) is 2.09. The third-order valence-corrected chi connectivity index (χ3v) is 2.82. The van der Waals surface area contributed by atoms with E-state index in [2.05, 4.69) is 10.5 Å². The van der Waals surface area contributed by atoms with Crippen molar-refractivity contribution in [1.82, 2.24) is 10.5 Å². The Hall–Kier alpha value is -0.930. The van der Waals surface area contributed by atoms with Gasteiger partial charge in [-0.2, -0.15) is 0 Å². The van der Waals surface area contributed by atoms with E-state index in [-0.39, 0.29) is 0 Å². The molecule has 3 heteroatoms. The maximum atomic E-state index is 5.56. The highest BCUT2D eigenvalue weighted by molar-refractivity contribution is 5.09. The number of hydrogen-bond acceptors (Lipinski definition) is 3. The Kier molecular flexibility index (Phi) is 4.11. The summed E-state index contributed by atoms with van der Waals surface area (Å²) >= 11 is 0. The molecule has 1 aliphatic rings. The molecule has 1 saturated carbocycles. The molecule has 0 amide bonds. The van der Waals surface area contributed by atoms with Crippen molar-refractivity contribution in [3.05, 3.63) is 30.1 Å². The Morgan fingerprint density at radius 2 is 2.00 bits per heavy atom. The van der Waals surface area contributed by atoms with Gasteiger partial charge in [0, 0.05) is 18.9 Å². The molecule has 1 aromatic heterocycles. The highest BCUT2D eigenvalue weighted by atomic mass is 16.7. The molecule has 0 unspecified atom stereocenters. The summed E-state index contributed by atoms with van der Waals surface area (Å²) in [6.45, 7) is 0.876. The van der Waals surface area contributed by atoms with Crippen molar-refractivity contribution >= 4 is 0 Å². The lowest BCUT2D eigenvalue weighted by Crippen LogP contribution is -2.23. The van der Waals surface area contributed by atoms with Crippen LogP contribution in [0.25, 0.3) is 0 Å². The van der Waals surface area contributed by atoms with Crippen LogP contribution in [0.4, 0.5) is 0 Å². The summed E-state index contributed by atoms with van der Waals surface area (Å²) in [5.41, 5.74) is 4.35. The topological polar surface area (TPSA) is 34.1 Å². The van der Waals surface area contributed by atoms with Gasteiger partial charge in [-0.3, -0.25) is 9.82 Å². The largest absolute Gasteiger partial charge is 0.299 e. The fraction of sp³-hybridized carbons (Fsp3) is 0.583. The van der Waals surface area contributed by atoms with E-state index >= 15 is 0 Å². The van der Waals surface area contributed by atoms with Crippen LogP contribution in [-0.4, -0.2) is 17.6 Å². The fourth-order valence-electron chi connectivity index (χ4n) is 1.93. The van der Waals surface area contributed by atoms with Crippen LogP contribution in [0.1, 0.15) is 31.2 Å². The highest BCUT2D eigenvalue weighted by Gasteiger charge is 2.14. The number of nitrogens with zero attached hydrogens (tertiary/aromatic N) is 1. The van der Waals surface area contributed by atoms with Gasteiger partial charge in [0.1, 0.15) is 0 Å². The van der Waals surface area contributed by atoms with Crippen molar-refractivity contribution in [2.24, 2.45) is 0 Å². The van der Waals surface area contributed by atoms with Gasteiger partial charge in [0.25, 0.3) is 0 Å². The molecule has 3 nitrogen and oxygen atoms in total. The molecule has 0 atom stereocenters. The smallest absolute Gasteiger partial charge is 0.0790 e. The van der Waals surface area contributed by atoms with E-state index in [1.54, 1.807) is 0 Å². The average Bonchev–Trinajstić information content (AvgIpc) is 2.79. The zero-order valence-corrected chi connectivity index (χ0v) is 8.98. The molecule has 2 rings (SSSR count). The zero-order valence-electron chi connectivity index (χ0n) is 8.98. The molecule has 1 heterocycles. The first kappa shape index (κ1) is 10.6. The molecule has 1 fully saturated rings. The van der Waals surface area contributed by atoms with E-state index in [9.17, 15) is 0 Å². The van der Waals surface area contributed by atoms with Crippen LogP contribution in [0.5, 0.6) is 0 Å². The number of hydrogen-bond donors (Lipinski definition) is 1. The molecule has 0 spiro atoms. The van der Waals surface area contributed by atoms with Gasteiger partial charge >= 0.3 is 0 Å². The predicted molar refractivity (Wildman–Crippen MR) is 59.3 cm³/mol. The van der Waals surface area contributed by atoms with Gasteiger partial charge in [-0.05, 0) is 37.0 Å². The normalized spacial score (nSPS) is 17.1. The Morgan fingerprint density at radius 1 is 1.27 bits per heavy atom. The first-order chi connectivity index (χ1) is 7.45. The molecule has 0 bridgehead atoms. The summed E-state index contributed by atoms with van der Waals surface area (Å²) in [7, 11) is 0. The minimum Gasteiger partial charge on any atom is -0.299 e. The van der Waals surface area contributed by atoms with Crippen LogP contribution < -0.4 is 5.48 Å². The molecule has 82 valence electrons. The Bertz CT molecular complexity index is 270. The summed E-state index contributed by atoms with van der Waals surface area (Å²) in [6.07, 6.45) is 10.1. The van der Waals surface area contributed by atoms with Crippen molar-refractivity contribution in [3.63, 3.8) is 0 Å². The second-order valence-corrected chi connectivity index (χ2v) is 4.02. The Balaban J connectivity index is 1.59. The van der Waals surface area contributed by atoms with E-state index in [1.165, 1.54) is 31.2 Å². The summed E-state index contributed by atoms with van der Waals surface area (Å²) in [6, 6.07) is 4.08. The van der Waals surface area contributed by atoms with E-state index in [1.807, 2.05) is 24.5 Å². The minimum atomic E-state index is 0.447. The minimum absolute atomic E-state index is 0.447. The van der Waals surface area contributed by atoms with E-state index in [4.69, 9.17) is 4.84 Å². The van der Waals surface area contributed by atoms with Crippen LogP contribution >= 0.6 is 0 Å². The quantitative estimate of drug-likeness (QED) is 0.591. The van der Waals surface area contributed by atoms with Gasteiger partial charge in [0.15, 0.2) is 0 Å². The zero-order chi connectivity index (χ0) is 10.3. The summed E-state index contributed by atoms with van der Waals surface area (Å²) in [4.78, 5) is 9.54. The molecule has 0 aromatic carbocycles. The summed E-state index contributed by atoms with van der Waals surface area (Å²) in [5, 5.41) is 0. The highest BCUT2D eigenvalue weighted by Crippen LogP contribution is 2.19. The molecule has 15 heavy (non-hydrogen) atoms. The number of hydroxylamine groups is 1. The number of aromatic nitrogens is 1. The SMILES string of the molecule is c1cc(CCNOC2CCCC2)ccn1. The number of rotatable bonds is 5. The lowest BCUT2D eigenvalue weighted by atomic mass is 10.2. The van der Waals surface area contributed by atoms with Crippen LogP contribution in [0.3, 0.4) is 0 Å². The molecule has 0 saturated heterocycles. The van der Waals surface area contributed by atoms with Gasteiger partial charge in [-0.25, -0.2) is 5.48 Å². The van der Waals surface area contributed by atoms with Gasteiger partial charge < -0.3 is 0 Å². The van der Waals surface area contributed by atoms with Crippen molar-refractivity contribution in [3.8, 4) is 0 Å². The van der Waals surface area contributed by atoms with E-state index in [0.29, 0.717) is 6.10 Å². The lowest BCUT2D eigenvalue weighted by molar-refractivity contribution is -0.0198. The van der Waals surface area contributed by atoms with Crippen molar-refractivity contribution in [2.45, 2.75) is 38.2 Å². The average molecular weight is 206 g/mol. The first-order valence-electron chi connectivity index (χ1n) is 5.72. The van der Waals surface area contributed by atoms with Gasteiger partial charge in [-0.1, -0.05) is 12.8 Å². The monoisotopic (exact) mass is 206 g/mol. The third kappa shape index (κ3) is 3.61. The van der Waals surface area contributed by atoms with Crippen molar-refractivity contribution in [2.75, 3.05) is 6.54 Å². The standard InChI is InChI=1S/C12H18N2O/c1-2-4-12(3-1)15-14-10-7-11-5-8-13-9-6-11/h5-6,8-9,12,14H,1-4,7,10H2. The maximum Gasteiger partial charge on any atom is 0.0790 e. The van der Waals surface area contributed by atoms with Crippen LogP contribution in [0.2, 0.25) is 0 Å². The summed E-state index contributed by atoms with van der Waals surface area (Å²) in [5.74, 6) is 0. The molecular weight excluding hydrogens is 188 g/mol. The number of nitrogens with one attached hydrogen (secondary N) is 1. The van der Waals surface area contributed by atoms with Crippen molar-refractivity contribution in [1.29, 1.82) is 0 Å². The molecule has 1 aliphatic carbocycles. The fourth-order valence-corrected chi connectivity index (χ4v) is 1.93. The molecule has 1 aromatic rings. The second kappa shape index (κ2) is 5.83. The maximum absolute atomic E-state index is 5.56. The van der Waals surface area contributed by atoms with Gasteiger partial charge in [0.2, 0.25) is 0 Å². The van der Waals surface area contributed by atoms with Crippen molar-refractivity contribution < 1.29 is 4.84 Å². The lowest BCUT2D eigenvalue weighted by Gasteiger charge is -2.11. The molecule has 0 radical (unpaired) electrons. The van der Waals surface area contributed by atoms with E-state index in [0.717, 1.165) is 13.0 Å². The van der Waals surface area contributed by atoms with Gasteiger partial charge in [0.05, 0.1) is 6.10 Å².